The van der Waals surface area contributed by atoms with Gasteiger partial charge >= 0.3 is 0 Å². The van der Waals surface area contributed by atoms with E-state index in [0.29, 0.717) is 6.61 Å². The van der Waals surface area contributed by atoms with Gasteiger partial charge in [0.25, 0.3) is 0 Å². The third-order valence-corrected chi connectivity index (χ3v) is 1.95. The van der Waals surface area contributed by atoms with Crippen molar-refractivity contribution in [3.05, 3.63) is 35.1 Å². The largest absolute Gasteiger partial charge is 0.387 e. The molecule has 14 heavy (non-hydrogen) atoms. The fraction of sp³-hybridized carbons (Fsp3) is 0.400. The molecule has 1 atom stereocenters. The number of methoxy groups -OCH3 is 1. The van der Waals surface area contributed by atoms with Gasteiger partial charge in [0, 0.05) is 19.2 Å². The summed E-state index contributed by atoms with van der Waals surface area (Å²) < 4.78 is 18.1. The first kappa shape index (κ1) is 11.1. The zero-order chi connectivity index (χ0) is 10.6. The predicted molar refractivity (Wildman–Crippen MR) is 51.1 cm³/mol. The first-order chi connectivity index (χ1) is 6.69. The van der Waals surface area contributed by atoms with E-state index in [-0.39, 0.29) is 12.1 Å². The maximum absolute atomic E-state index is 13.2. The van der Waals surface area contributed by atoms with Crippen molar-refractivity contribution in [2.24, 2.45) is 5.73 Å². The molecule has 0 fully saturated rings. The highest BCUT2D eigenvalue weighted by Crippen LogP contribution is 2.18. The first-order valence-electron chi connectivity index (χ1n) is 4.34. The number of ether oxygens (including phenoxy) is 1. The molecule has 0 aliphatic rings. The van der Waals surface area contributed by atoms with Gasteiger partial charge in [0.2, 0.25) is 0 Å². The Kier molecular flexibility index (Phi) is 4.00. The fourth-order valence-electron chi connectivity index (χ4n) is 1.23. The van der Waals surface area contributed by atoms with Gasteiger partial charge in [-0.05, 0) is 17.7 Å². The molecule has 1 unspecified atom stereocenters. The monoisotopic (exact) mass is 199 g/mol. The molecule has 78 valence electrons. The van der Waals surface area contributed by atoms with Crippen LogP contribution in [0, 0.1) is 5.82 Å². The topological polar surface area (TPSA) is 55.5 Å². The SMILES string of the molecule is COCc1ccc(F)c(C(O)CN)c1. The van der Waals surface area contributed by atoms with Gasteiger partial charge < -0.3 is 15.6 Å². The molecule has 0 bridgehead atoms. The van der Waals surface area contributed by atoms with Crippen molar-refractivity contribution in [1.29, 1.82) is 0 Å². The number of hydrogen-bond donors (Lipinski definition) is 2. The Morgan fingerprint density at radius 3 is 2.86 bits per heavy atom. The fourth-order valence-corrected chi connectivity index (χ4v) is 1.23. The van der Waals surface area contributed by atoms with E-state index >= 15 is 0 Å². The third kappa shape index (κ3) is 2.51. The van der Waals surface area contributed by atoms with Crippen molar-refractivity contribution in [2.45, 2.75) is 12.7 Å². The molecule has 0 aromatic heterocycles. The number of benzene rings is 1. The van der Waals surface area contributed by atoms with Crippen LogP contribution in [-0.4, -0.2) is 18.8 Å². The second-order valence-corrected chi connectivity index (χ2v) is 3.04. The van der Waals surface area contributed by atoms with Crippen LogP contribution in [-0.2, 0) is 11.3 Å². The average molecular weight is 199 g/mol. The molecule has 0 saturated carbocycles. The molecule has 0 aliphatic carbocycles. The molecule has 0 aliphatic heterocycles. The van der Waals surface area contributed by atoms with Gasteiger partial charge in [0.1, 0.15) is 5.82 Å². The second-order valence-electron chi connectivity index (χ2n) is 3.04. The van der Waals surface area contributed by atoms with Crippen molar-refractivity contribution < 1.29 is 14.2 Å². The summed E-state index contributed by atoms with van der Waals surface area (Å²) in [4.78, 5) is 0. The molecule has 0 radical (unpaired) electrons. The lowest BCUT2D eigenvalue weighted by Gasteiger charge is -2.10. The molecule has 1 aromatic rings. The summed E-state index contributed by atoms with van der Waals surface area (Å²) in [7, 11) is 1.56. The second kappa shape index (κ2) is 5.05. The van der Waals surface area contributed by atoms with Gasteiger partial charge in [0.05, 0.1) is 12.7 Å². The van der Waals surface area contributed by atoms with E-state index in [1.165, 1.54) is 6.07 Å². The first-order valence-corrected chi connectivity index (χ1v) is 4.34. The number of rotatable bonds is 4. The van der Waals surface area contributed by atoms with Crippen molar-refractivity contribution >= 4 is 0 Å². The van der Waals surface area contributed by atoms with Crippen LogP contribution in [0.1, 0.15) is 17.2 Å². The van der Waals surface area contributed by atoms with Crippen LogP contribution in [0.4, 0.5) is 4.39 Å². The minimum absolute atomic E-state index is 0.00730. The summed E-state index contributed by atoms with van der Waals surface area (Å²) in [5.41, 5.74) is 6.29. The molecular weight excluding hydrogens is 185 g/mol. The smallest absolute Gasteiger partial charge is 0.129 e. The minimum Gasteiger partial charge on any atom is -0.387 e. The summed E-state index contributed by atoms with van der Waals surface area (Å²) in [6.45, 7) is 0.401. The molecular formula is C10H14FNO2. The lowest BCUT2D eigenvalue weighted by molar-refractivity contribution is 0.177. The Balaban J connectivity index is 2.95. The maximum atomic E-state index is 13.2. The van der Waals surface area contributed by atoms with Gasteiger partial charge in [0.15, 0.2) is 0 Å². The van der Waals surface area contributed by atoms with Crippen LogP contribution in [0.15, 0.2) is 18.2 Å². The van der Waals surface area contributed by atoms with Crippen molar-refractivity contribution in [3.8, 4) is 0 Å². The van der Waals surface area contributed by atoms with Gasteiger partial charge in [-0.1, -0.05) is 6.07 Å². The zero-order valence-corrected chi connectivity index (χ0v) is 8.03. The summed E-state index contributed by atoms with van der Waals surface area (Å²) in [6, 6.07) is 4.49. The predicted octanol–water partition coefficient (Wildman–Crippen LogP) is 0.964. The van der Waals surface area contributed by atoms with Gasteiger partial charge in [-0.25, -0.2) is 4.39 Å². The normalized spacial score (nSPS) is 12.9. The number of aliphatic hydroxyl groups excluding tert-OH is 1. The summed E-state index contributed by atoms with van der Waals surface area (Å²) in [5, 5.41) is 9.40. The Morgan fingerprint density at radius 2 is 2.29 bits per heavy atom. The van der Waals surface area contributed by atoms with Gasteiger partial charge in [-0.3, -0.25) is 0 Å². The van der Waals surface area contributed by atoms with Crippen LogP contribution in [0.2, 0.25) is 0 Å². The highest BCUT2D eigenvalue weighted by Gasteiger charge is 2.11. The molecule has 0 amide bonds. The van der Waals surface area contributed by atoms with E-state index in [1.807, 2.05) is 0 Å². The molecule has 1 aromatic carbocycles. The van der Waals surface area contributed by atoms with Crippen molar-refractivity contribution in [3.63, 3.8) is 0 Å². The number of hydrogen-bond acceptors (Lipinski definition) is 3. The molecule has 4 heteroatoms. The van der Waals surface area contributed by atoms with E-state index in [2.05, 4.69) is 0 Å². The van der Waals surface area contributed by atoms with Crippen LogP contribution in [0.25, 0.3) is 0 Å². The quantitative estimate of drug-likeness (QED) is 0.759. The highest BCUT2D eigenvalue weighted by atomic mass is 19.1. The maximum Gasteiger partial charge on any atom is 0.129 e. The van der Waals surface area contributed by atoms with Crippen LogP contribution in [0.5, 0.6) is 0 Å². The molecule has 3 nitrogen and oxygen atoms in total. The Bertz CT molecular complexity index is 304. The summed E-state index contributed by atoms with van der Waals surface area (Å²) in [6.07, 6.45) is -0.952. The third-order valence-electron chi connectivity index (χ3n) is 1.95. The molecule has 3 N–H and O–H groups in total. The molecule has 0 spiro atoms. The summed E-state index contributed by atoms with van der Waals surface area (Å²) in [5.74, 6) is -0.442. The molecule has 1 rings (SSSR count). The Hall–Kier alpha value is -0.970. The zero-order valence-electron chi connectivity index (χ0n) is 8.03. The Labute approximate surface area is 82.3 Å². The van der Waals surface area contributed by atoms with E-state index in [0.717, 1.165) is 5.56 Å². The average Bonchev–Trinajstić information content (AvgIpc) is 2.20. The standard InChI is InChI=1S/C10H14FNO2/c1-14-6-7-2-3-9(11)8(4-7)10(13)5-12/h2-4,10,13H,5-6,12H2,1H3. The van der Waals surface area contributed by atoms with E-state index in [1.54, 1.807) is 19.2 Å². The lowest BCUT2D eigenvalue weighted by Crippen LogP contribution is -2.13. The minimum atomic E-state index is -0.952. The van der Waals surface area contributed by atoms with Crippen molar-refractivity contribution in [1.82, 2.24) is 0 Å². The van der Waals surface area contributed by atoms with Crippen LogP contribution in [0.3, 0.4) is 0 Å². The van der Waals surface area contributed by atoms with Gasteiger partial charge in [-0.2, -0.15) is 0 Å². The highest BCUT2D eigenvalue weighted by molar-refractivity contribution is 5.26. The Morgan fingerprint density at radius 1 is 1.57 bits per heavy atom. The van der Waals surface area contributed by atoms with Crippen molar-refractivity contribution in [2.75, 3.05) is 13.7 Å². The van der Waals surface area contributed by atoms with Crippen LogP contribution < -0.4 is 5.73 Å². The number of nitrogens with two attached hydrogens (primary N) is 1. The number of aliphatic hydroxyl groups is 1. The van der Waals surface area contributed by atoms with E-state index < -0.39 is 11.9 Å². The van der Waals surface area contributed by atoms with E-state index in [9.17, 15) is 9.50 Å². The molecule has 0 saturated heterocycles. The molecule has 0 heterocycles. The lowest BCUT2D eigenvalue weighted by atomic mass is 10.1. The summed E-state index contributed by atoms with van der Waals surface area (Å²) >= 11 is 0. The van der Waals surface area contributed by atoms with E-state index in [4.69, 9.17) is 10.5 Å². The van der Waals surface area contributed by atoms with Gasteiger partial charge in [-0.15, -0.1) is 0 Å². The number of halogens is 1. The van der Waals surface area contributed by atoms with Crippen LogP contribution >= 0.6 is 0 Å².